The SMILES string of the molecule is C=CCc1cc(C=Nn2c(C3CCCCC3)nc3ccc(Br)cc3c2=O)cc(OCC)c1O[C@@H](C)C(=O)OC. The molecule has 1 atom stereocenters. The molecule has 8 nitrogen and oxygen atoms in total. The molecule has 0 N–H and O–H groups in total. The topological polar surface area (TPSA) is 92.0 Å². The van der Waals surface area contributed by atoms with Crippen LogP contribution in [0.25, 0.3) is 10.9 Å². The number of allylic oxidation sites excluding steroid dienone is 1. The predicted molar refractivity (Wildman–Crippen MR) is 156 cm³/mol. The molecule has 1 heterocycles. The molecule has 2 aromatic carbocycles. The van der Waals surface area contributed by atoms with Gasteiger partial charge in [-0.3, -0.25) is 4.79 Å². The van der Waals surface area contributed by atoms with E-state index in [1.54, 1.807) is 31.3 Å². The molecule has 0 saturated heterocycles. The summed E-state index contributed by atoms with van der Waals surface area (Å²) in [5, 5.41) is 5.17. The number of rotatable bonds is 10. The Morgan fingerprint density at radius 2 is 2.03 bits per heavy atom. The molecule has 0 amide bonds. The molecule has 0 unspecified atom stereocenters. The lowest BCUT2D eigenvalue weighted by Gasteiger charge is -2.23. The zero-order chi connectivity index (χ0) is 27.9. The van der Waals surface area contributed by atoms with Crippen LogP contribution in [0.15, 0.2) is 57.4 Å². The number of hydrogen-bond acceptors (Lipinski definition) is 7. The minimum absolute atomic E-state index is 0.169. The predicted octanol–water partition coefficient (Wildman–Crippen LogP) is 6.16. The second-order valence-corrected chi connectivity index (χ2v) is 10.5. The van der Waals surface area contributed by atoms with Gasteiger partial charge in [0.25, 0.3) is 5.56 Å². The number of carbonyl (C=O) groups is 1. The molecular formula is C30H34BrN3O5. The summed E-state index contributed by atoms with van der Waals surface area (Å²) in [5.41, 5.74) is 1.95. The Kier molecular flexibility index (Phi) is 9.56. The van der Waals surface area contributed by atoms with Gasteiger partial charge in [-0.25, -0.2) is 9.78 Å². The summed E-state index contributed by atoms with van der Waals surface area (Å²) in [4.78, 5) is 30.6. The van der Waals surface area contributed by atoms with Crippen LogP contribution in [0.1, 0.15) is 68.8 Å². The number of halogens is 1. The van der Waals surface area contributed by atoms with Crippen molar-refractivity contribution >= 4 is 39.0 Å². The average Bonchev–Trinajstić information content (AvgIpc) is 2.94. The van der Waals surface area contributed by atoms with Crippen molar-refractivity contribution in [2.45, 2.75) is 64.4 Å². The van der Waals surface area contributed by atoms with Gasteiger partial charge in [0, 0.05) is 16.0 Å². The van der Waals surface area contributed by atoms with Crippen molar-refractivity contribution in [1.82, 2.24) is 9.66 Å². The fourth-order valence-electron chi connectivity index (χ4n) is 4.88. The van der Waals surface area contributed by atoms with Crippen LogP contribution in [0.4, 0.5) is 0 Å². The summed E-state index contributed by atoms with van der Waals surface area (Å²) < 4.78 is 18.9. The molecule has 3 aromatic rings. The molecule has 1 aromatic heterocycles. The van der Waals surface area contributed by atoms with Gasteiger partial charge in [-0.15, -0.1) is 6.58 Å². The molecule has 0 radical (unpaired) electrons. The van der Waals surface area contributed by atoms with E-state index in [0.29, 0.717) is 46.8 Å². The molecule has 1 aliphatic rings. The lowest BCUT2D eigenvalue weighted by molar-refractivity contribution is -0.147. The van der Waals surface area contributed by atoms with Gasteiger partial charge in [-0.2, -0.15) is 9.78 Å². The highest BCUT2D eigenvalue weighted by Gasteiger charge is 2.23. The van der Waals surface area contributed by atoms with Gasteiger partial charge in [0.1, 0.15) is 5.82 Å². The van der Waals surface area contributed by atoms with E-state index in [1.165, 1.54) is 18.2 Å². The maximum Gasteiger partial charge on any atom is 0.346 e. The smallest absolute Gasteiger partial charge is 0.346 e. The van der Waals surface area contributed by atoms with Gasteiger partial charge in [0.15, 0.2) is 17.6 Å². The number of aromatic nitrogens is 2. The average molecular weight is 597 g/mol. The second kappa shape index (κ2) is 13.1. The maximum atomic E-state index is 13.7. The first-order chi connectivity index (χ1) is 18.9. The third-order valence-corrected chi connectivity index (χ3v) is 7.27. The fourth-order valence-corrected chi connectivity index (χ4v) is 5.24. The minimum Gasteiger partial charge on any atom is -0.490 e. The normalized spacial score (nSPS) is 14.9. The Morgan fingerprint density at radius 1 is 1.26 bits per heavy atom. The van der Waals surface area contributed by atoms with Gasteiger partial charge >= 0.3 is 5.97 Å². The third kappa shape index (κ3) is 6.58. The Hall–Kier alpha value is -3.46. The molecular weight excluding hydrogens is 562 g/mol. The van der Waals surface area contributed by atoms with E-state index in [4.69, 9.17) is 19.2 Å². The summed E-state index contributed by atoms with van der Waals surface area (Å²) in [6, 6.07) is 9.23. The zero-order valence-electron chi connectivity index (χ0n) is 22.6. The van der Waals surface area contributed by atoms with Crippen LogP contribution in [0.2, 0.25) is 0 Å². The number of ether oxygens (including phenoxy) is 3. The largest absolute Gasteiger partial charge is 0.490 e. The van der Waals surface area contributed by atoms with Crippen LogP contribution in [-0.4, -0.2) is 41.7 Å². The first-order valence-corrected chi connectivity index (χ1v) is 14.1. The van der Waals surface area contributed by atoms with Crippen LogP contribution in [-0.2, 0) is 16.0 Å². The molecule has 9 heteroatoms. The number of carbonyl (C=O) groups excluding carboxylic acids is 1. The van der Waals surface area contributed by atoms with Crippen LogP contribution in [0.3, 0.4) is 0 Å². The second-order valence-electron chi connectivity index (χ2n) is 9.54. The molecule has 0 bridgehead atoms. The van der Waals surface area contributed by atoms with E-state index < -0.39 is 12.1 Å². The third-order valence-electron chi connectivity index (χ3n) is 6.77. The van der Waals surface area contributed by atoms with E-state index in [0.717, 1.165) is 35.7 Å². The lowest BCUT2D eigenvalue weighted by Crippen LogP contribution is -2.26. The van der Waals surface area contributed by atoms with Gasteiger partial charge in [0.2, 0.25) is 0 Å². The van der Waals surface area contributed by atoms with Crippen molar-refractivity contribution in [3.63, 3.8) is 0 Å². The number of esters is 1. The zero-order valence-corrected chi connectivity index (χ0v) is 24.2. The van der Waals surface area contributed by atoms with E-state index in [9.17, 15) is 9.59 Å². The van der Waals surface area contributed by atoms with E-state index in [2.05, 4.69) is 27.6 Å². The Labute approximate surface area is 236 Å². The Bertz CT molecular complexity index is 1440. The lowest BCUT2D eigenvalue weighted by atomic mass is 9.88. The van der Waals surface area contributed by atoms with Gasteiger partial charge in [0.05, 0.1) is 30.8 Å². The molecule has 4 rings (SSSR count). The molecule has 206 valence electrons. The number of benzene rings is 2. The minimum atomic E-state index is -0.822. The van der Waals surface area contributed by atoms with Crippen molar-refractivity contribution < 1.29 is 19.0 Å². The molecule has 0 aliphatic heterocycles. The molecule has 0 spiro atoms. The van der Waals surface area contributed by atoms with Gasteiger partial charge in [-0.05, 0) is 69.0 Å². The standard InChI is InChI=1S/C30H34BrN3O5/c1-5-10-22-15-20(16-26(38-6-2)27(22)39-19(3)30(36)37-4)18-32-34-28(21-11-8-7-9-12-21)33-25-14-13-23(31)17-24(25)29(34)35/h5,13-19,21H,1,6-12H2,2-4H3/t19-/m0/s1. The molecule has 1 fully saturated rings. The van der Waals surface area contributed by atoms with E-state index >= 15 is 0 Å². The van der Waals surface area contributed by atoms with Gasteiger partial charge in [-0.1, -0.05) is 41.3 Å². The van der Waals surface area contributed by atoms with Crippen LogP contribution < -0.4 is 15.0 Å². The van der Waals surface area contributed by atoms with Crippen LogP contribution in [0.5, 0.6) is 11.5 Å². The highest BCUT2D eigenvalue weighted by atomic mass is 79.9. The number of nitrogens with zero attached hydrogens (tertiary/aromatic N) is 3. The number of methoxy groups -OCH3 is 1. The Morgan fingerprint density at radius 3 is 2.72 bits per heavy atom. The monoisotopic (exact) mass is 595 g/mol. The molecule has 39 heavy (non-hydrogen) atoms. The van der Waals surface area contributed by atoms with Gasteiger partial charge < -0.3 is 14.2 Å². The first-order valence-electron chi connectivity index (χ1n) is 13.3. The van der Waals surface area contributed by atoms with E-state index in [-0.39, 0.29) is 11.5 Å². The van der Waals surface area contributed by atoms with E-state index in [1.807, 2.05) is 25.1 Å². The number of fused-ring (bicyclic) bond motifs is 1. The Balaban J connectivity index is 1.81. The van der Waals surface area contributed by atoms with Crippen molar-refractivity contribution in [3.8, 4) is 11.5 Å². The molecule has 1 saturated carbocycles. The van der Waals surface area contributed by atoms with Crippen molar-refractivity contribution in [3.05, 3.63) is 74.8 Å². The quantitative estimate of drug-likeness (QED) is 0.158. The fraction of sp³-hybridized carbons (Fsp3) is 0.400. The summed E-state index contributed by atoms with van der Waals surface area (Å²) >= 11 is 3.47. The molecule has 1 aliphatic carbocycles. The summed E-state index contributed by atoms with van der Waals surface area (Å²) in [6.07, 6.45) is 8.41. The van der Waals surface area contributed by atoms with Crippen molar-refractivity contribution in [2.75, 3.05) is 13.7 Å². The summed E-state index contributed by atoms with van der Waals surface area (Å²) in [5.74, 6) is 1.28. The highest BCUT2D eigenvalue weighted by molar-refractivity contribution is 9.10. The highest BCUT2D eigenvalue weighted by Crippen LogP contribution is 2.35. The first kappa shape index (κ1) is 28.5. The summed E-state index contributed by atoms with van der Waals surface area (Å²) in [7, 11) is 1.32. The van der Waals surface area contributed by atoms with Crippen LogP contribution >= 0.6 is 15.9 Å². The number of hydrogen-bond donors (Lipinski definition) is 0. The maximum absolute atomic E-state index is 13.7. The summed E-state index contributed by atoms with van der Waals surface area (Å²) in [6.45, 7) is 7.75. The van der Waals surface area contributed by atoms with Crippen molar-refractivity contribution in [2.24, 2.45) is 5.10 Å². The van der Waals surface area contributed by atoms with Crippen molar-refractivity contribution in [1.29, 1.82) is 0 Å². The van der Waals surface area contributed by atoms with Crippen LogP contribution in [0, 0.1) is 0 Å².